The molecule has 2 rings (SSSR count). The number of hydrogen-bond acceptors (Lipinski definition) is 2. The SMILES string of the molecule is CC(C)(C)[C@@H]1CNC(=O)[C@H]1C(=O)Nc1ccc(F)cc1Br. The largest absolute Gasteiger partial charge is 0.355 e. The zero-order valence-electron chi connectivity index (χ0n) is 12.2. The van der Waals surface area contributed by atoms with Crippen molar-refractivity contribution in [1.82, 2.24) is 5.32 Å². The van der Waals surface area contributed by atoms with Crippen LogP contribution in [-0.2, 0) is 9.59 Å². The number of carbonyl (C=O) groups is 2. The van der Waals surface area contributed by atoms with Crippen LogP contribution in [0.15, 0.2) is 22.7 Å². The molecule has 1 aromatic carbocycles. The highest BCUT2D eigenvalue weighted by atomic mass is 79.9. The van der Waals surface area contributed by atoms with Crippen molar-refractivity contribution < 1.29 is 14.0 Å². The number of halogens is 2. The van der Waals surface area contributed by atoms with Gasteiger partial charge in [0, 0.05) is 16.9 Å². The summed E-state index contributed by atoms with van der Waals surface area (Å²) in [6, 6.07) is 4.00. The molecule has 21 heavy (non-hydrogen) atoms. The highest BCUT2D eigenvalue weighted by molar-refractivity contribution is 9.10. The summed E-state index contributed by atoms with van der Waals surface area (Å²) in [4.78, 5) is 24.4. The summed E-state index contributed by atoms with van der Waals surface area (Å²) in [5.74, 6) is -1.83. The molecule has 0 aromatic heterocycles. The van der Waals surface area contributed by atoms with E-state index in [1.807, 2.05) is 20.8 Å². The normalized spacial score (nSPS) is 22.0. The van der Waals surface area contributed by atoms with Gasteiger partial charge < -0.3 is 10.6 Å². The molecule has 2 atom stereocenters. The summed E-state index contributed by atoms with van der Waals surface area (Å²) in [5.41, 5.74) is 0.287. The molecule has 1 aliphatic rings. The van der Waals surface area contributed by atoms with Crippen LogP contribution in [0, 0.1) is 23.1 Å². The Morgan fingerprint density at radius 3 is 2.67 bits per heavy atom. The quantitative estimate of drug-likeness (QED) is 0.800. The minimum Gasteiger partial charge on any atom is -0.355 e. The van der Waals surface area contributed by atoms with Crippen LogP contribution < -0.4 is 10.6 Å². The minimum absolute atomic E-state index is 0.0794. The first-order chi connectivity index (χ1) is 9.70. The summed E-state index contributed by atoms with van der Waals surface area (Å²) in [6.45, 7) is 6.51. The van der Waals surface area contributed by atoms with E-state index in [4.69, 9.17) is 0 Å². The van der Waals surface area contributed by atoms with E-state index in [1.54, 1.807) is 0 Å². The fraction of sp³-hybridized carbons (Fsp3) is 0.467. The van der Waals surface area contributed by atoms with Gasteiger partial charge in [-0.15, -0.1) is 0 Å². The molecular weight excluding hydrogens is 339 g/mol. The molecule has 6 heteroatoms. The second kappa shape index (κ2) is 5.75. The number of anilines is 1. The molecule has 2 N–H and O–H groups in total. The molecule has 1 saturated heterocycles. The lowest BCUT2D eigenvalue weighted by atomic mass is 9.74. The van der Waals surface area contributed by atoms with E-state index in [0.717, 1.165) is 0 Å². The number of carbonyl (C=O) groups excluding carboxylic acids is 2. The maximum Gasteiger partial charge on any atom is 0.237 e. The first-order valence-electron chi connectivity index (χ1n) is 6.74. The van der Waals surface area contributed by atoms with Gasteiger partial charge in [-0.3, -0.25) is 9.59 Å². The van der Waals surface area contributed by atoms with Crippen LogP contribution in [0.2, 0.25) is 0 Å². The third kappa shape index (κ3) is 3.43. The number of amides is 2. The van der Waals surface area contributed by atoms with Crippen molar-refractivity contribution in [3.8, 4) is 0 Å². The van der Waals surface area contributed by atoms with Crippen molar-refractivity contribution in [1.29, 1.82) is 0 Å². The minimum atomic E-state index is -0.734. The summed E-state index contributed by atoms with van der Waals surface area (Å²) < 4.78 is 13.5. The molecule has 1 aliphatic heterocycles. The lowest BCUT2D eigenvalue weighted by Crippen LogP contribution is -2.37. The lowest BCUT2D eigenvalue weighted by molar-refractivity contribution is -0.132. The van der Waals surface area contributed by atoms with Gasteiger partial charge in [0.2, 0.25) is 11.8 Å². The van der Waals surface area contributed by atoms with Gasteiger partial charge in [0.1, 0.15) is 11.7 Å². The van der Waals surface area contributed by atoms with Gasteiger partial charge in [-0.1, -0.05) is 20.8 Å². The number of hydrogen-bond donors (Lipinski definition) is 2. The lowest BCUT2D eigenvalue weighted by Gasteiger charge is -2.29. The Labute approximate surface area is 131 Å². The molecular formula is C15H18BrFN2O2. The van der Waals surface area contributed by atoms with Crippen molar-refractivity contribution in [2.45, 2.75) is 20.8 Å². The van der Waals surface area contributed by atoms with Crippen LogP contribution >= 0.6 is 15.9 Å². The average Bonchev–Trinajstić information content (AvgIpc) is 2.74. The third-order valence-corrected chi connectivity index (χ3v) is 4.42. The fourth-order valence-corrected chi connectivity index (χ4v) is 2.98. The topological polar surface area (TPSA) is 58.2 Å². The van der Waals surface area contributed by atoms with Gasteiger partial charge in [0.25, 0.3) is 0 Å². The molecule has 114 valence electrons. The van der Waals surface area contributed by atoms with E-state index in [-0.39, 0.29) is 23.1 Å². The van der Waals surface area contributed by atoms with Gasteiger partial charge in [-0.25, -0.2) is 4.39 Å². The van der Waals surface area contributed by atoms with Crippen LogP contribution in [-0.4, -0.2) is 18.4 Å². The van der Waals surface area contributed by atoms with E-state index in [9.17, 15) is 14.0 Å². The van der Waals surface area contributed by atoms with Gasteiger partial charge in [-0.2, -0.15) is 0 Å². The van der Waals surface area contributed by atoms with E-state index >= 15 is 0 Å². The van der Waals surface area contributed by atoms with Gasteiger partial charge in [0.05, 0.1) is 5.69 Å². The van der Waals surface area contributed by atoms with E-state index in [0.29, 0.717) is 16.7 Å². The summed E-state index contributed by atoms with van der Waals surface area (Å²) in [6.07, 6.45) is 0. The van der Waals surface area contributed by atoms with Crippen molar-refractivity contribution in [3.05, 3.63) is 28.5 Å². The number of benzene rings is 1. The summed E-state index contributed by atoms with van der Waals surface area (Å²) in [5, 5.41) is 5.44. The Morgan fingerprint density at radius 1 is 1.43 bits per heavy atom. The van der Waals surface area contributed by atoms with Crippen LogP contribution in [0.4, 0.5) is 10.1 Å². The smallest absolute Gasteiger partial charge is 0.237 e. The molecule has 0 bridgehead atoms. The molecule has 4 nitrogen and oxygen atoms in total. The third-order valence-electron chi connectivity index (χ3n) is 3.76. The Morgan fingerprint density at radius 2 is 2.10 bits per heavy atom. The van der Waals surface area contributed by atoms with Crippen molar-refractivity contribution in [2.24, 2.45) is 17.3 Å². The van der Waals surface area contributed by atoms with E-state index < -0.39 is 11.7 Å². The predicted molar refractivity (Wildman–Crippen MR) is 82.2 cm³/mol. The van der Waals surface area contributed by atoms with Crippen molar-refractivity contribution in [2.75, 3.05) is 11.9 Å². The van der Waals surface area contributed by atoms with Crippen LogP contribution in [0.3, 0.4) is 0 Å². The molecule has 0 saturated carbocycles. The van der Waals surface area contributed by atoms with Crippen molar-refractivity contribution >= 4 is 33.4 Å². The van der Waals surface area contributed by atoms with Gasteiger partial charge >= 0.3 is 0 Å². The second-order valence-corrected chi connectivity index (χ2v) is 7.16. The molecule has 2 amide bonds. The second-order valence-electron chi connectivity index (χ2n) is 6.31. The molecule has 0 unspecified atom stereocenters. The van der Waals surface area contributed by atoms with Crippen LogP contribution in [0.5, 0.6) is 0 Å². The highest BCUT2D eigenvalue weighted by Gasteiger charge is 2.45. The molecule has 0 spiro atoms. The Bertz CT molecular complexity index is 584. The zero-order valence-corrected chi connectivity index (χ0v) is 13.8. The average molecular weight is 357 g/mol. The molecule has 1 aromatic rings. The monoisotopic (exact) mass is 356 g/mol. The molecule has 1 fully saturated rings. The zero-order chi connectivity index (χ0) is 15.8. The molecule has 1 heterocycles. The maximum atomic E-state index is 13.1. The number of rotatable bonds is 2. The molecule has 0 radical (unpaired) electrons. The summed E-state index contributed by atoms with van der Waals surface area (Å²) in [7, 11) is 0. The summed E-state index contributed by atoms with van der Waals surface area (Å²) >= 11 is 3.20. The first-order valence-corrected chi connectivity index (χ1v) is 7.53. The maximum absolute atomic E-state index is 13.1. The first kappa shape index (κ1) is 15.9. The van der Waals surface area contributed by atoms with Crippen LogP contribution in [0.25, 0.3) is 0 Å². The Hall–Kier alpha value is -1.43. The standard InChI is InChI=1S/C15H18BrFN2O2/c1-15(2,3)9-7-18-13(20)12(9)14(21)19-11-5-4-8(17)6-10(11)16/h4-6,9,12H,7H2,1-3H3,(H,18,20)(H,19,21)/t9-,12+/m1/s1. The van der Waals surface area contributed by atoms with Crippen molar-refractivity contribution in [3.63, 3.8) is 0 Å². The Kier molecular flexibility index (Phi) is 4.37. The van der Waals surface area contributed by atoms with Gasteiger partial charge in [0.15, 0.2) is 0 Å². The molecule has 0 aliphatic carbocycles. The predicted octanol–water partition coefficient (Wildman–Crippen LogP) is 2.94. The van der Waals surface area contributed by atoms with E-state index in [1.165, 1.54) is 18.2 Å². The Balaban J connectivity index is 2.20. The highest BCUT2D eigenvalue weighted by Crippen LogP contribution is 2.36. The number of nitrogens with one attached hydrogen (secondary N) is 2. The van der Waals surface area contributed by atoms with Crippen LogP contribution in [0.1, 0.15) is 20.8 Å². The van der Waals surface area contributed by atoms with E-state index in [2.05, 4.69) is 26.6 Å². The van der Waals surface area contributed by atoms with Gasteiger partial charge in [-0.05, 0) is 39.5 Å². The fourth-order valence-electron chi connectivity index (χ4n) is 2.53.